The number of aryl methyl sites for hydroxylation is 1. The van der Waals surface area contributed by atoms with Crippen molar-refractivity contribution in [3.05, 3.63) is 53.8 Å². The van der Waals surface area contributed by atoms with E-state index in [2.05, 4.69) is 17.0 Å². The number of anilines is 2. The van der Waals surface area contributed by atoms with Crippen molar-refractivity contribution in [3.8, 4) is 0 Å². The van der Waals surface area contributed by atoms with Crippen LogP contribution in [0.25, 0.3) is 0 Å². The van der Waals surface area contributed by atoms with Gasteiger partial charge in [-0.3, -0.25) is 4.72 Å². The Hall–Kier alpha value is -2.08. The molecule has 6 heteroatoms. The molecule has 0 unspecified atom stereocenters. The van der Waals surface area contributed by atoms with Gasteiger partial charge in [0.25, 0.3) is 10.0 Å². The van der Waals surface area contributed by atoms with Gasteiger partial charge in [-0.25, -0.2) is 12.8 Å². The third kappa shape index (κ3) is 4.69. The number of halogens is 1. The molecular formula is C17H21FN2O2S. The summed E-state index contributed by atoms with van der Waals surface area (Å²) < 4.78 is 40.4. The van der Waals surface area contributed by atoms with Crippen LogP contribution in [0.3, 0.4) is 0 Å². The van der Waals surface area contributed by atoms with E-state index >= 15 is 0 Å². The molecule has 0 aliphatic rings. The Labute approximate surface area is 136 Å². The van der Waals surface area contributed by atoms with E-state index in [9.17, 15) is 12.8 Å². The van der Waals surface area contributed by atoms with Crippen LogP contribution < -0.4 is 10.0 Å². The van der Waals surface area contributed by atoms with Crippen molar-refractivity contribution in [3.63, 3.8) is 0 Å². The summed E-state index contributed by atoms with van der Waals surface area (Å²) in [6, 6.07) is 10.8. The molecule has 0 heterocycles. The average Bonchev–Trinajstić information content (AvgIpc) is 2.51. The Morgan fingerprint density at radius 1 is 1.04 bits per heavy atom. The highest BCUT2D eigenvalue weighted by atomic mass is 32.2. The Balaban J connectivity index is 2.09. The van der Waals surface area contributed by atoms with Gasteiger partial charge in [-0.1, -0.05) is 13.3 Å². The van der Waals surface area contributed by atoms with Crippen molar-refractivity contribution in [2.75, 3.05) is 16.6 Å². The Bertz CT molecular complexity index is 759. The first kappa shape index (κ1) is 17.3. The van der Waals surface area contributed by atoms with Crippen LogP contribution in [0, 0.1) is 12.7 Å². The lowest BCUT2D eigenvalue weighted by Gasteiger charge is -2.10. The van der Waals surface area contributed by atoms with Crippen molar-refractivity contribution >= 4 is 21.4 Å². The fraction of sp³-hybridized carbons (Fsp3) is 0.294. The van der Waals surface area contributed by atoms with Crippen LogP contribution in [-0.2, 0) is 10.0 Å². The van der Waals surface area contributed by atoms with Gasteiger partial charge in [-0.05, 0) is 61.4 Å². The zero-order valence-corrected chi connectivity index (χ0v) is 14.1. The van der Waals surface area contributed by atoms with Gasteiger partial charge in [0.15, 0.2) is 0 Å². The third-order valence-corrected chi connectivity index (χ3v) is 4.82. The second-order valence-electron chi connectivity index (χ2n) is 5.37. The molecule has 0 bridgehead atoms. The lowest BCUT2D eigenvalue weighted by atomic mass is 10.2. The first-order chi connectivity index (χ1) is 10.9. The Morgan fingerprint density at radius 3 is 2.30 bits per heavy atom. The molecule has 4 nitrogen and oxygen atoms in total. The van der Waals surface area contributed by atoms with Crippen LogP contribution in [0.15, 0.2) is 47.4 Å². The molecule has 0 radical (unpaired) electrons. The molecular weight excluding hydrogens is 315 g/mol. The largest absolute Gasteiger partial charge is 0.385 e. The molecule has 0 aliphatic carbocycles. The molecule has 0 spiro atoms. The fourth-order valence-electron chi connectivity index (χ4n) is 2.06. The molecule has 124 valence electrons. The lowest BCUT2D eigenvalue weighted by Crippen LogP contribution is -2.13. The fourth-order valence-corrected chi connectivity index (χ4v) is 3.21. The SMILES string of the molecule is CCCCNc1ccc(NS(=O)(=O)c2ccc(F)c(C)c2)cc1. The maximum atomic E-state index is 13.3. The monoisotopic (exact) mass is 336 g/mol. The summed E-state index contributed by atoms with van der Waals surface area (Å²) in [6.45, 7) is 4.54. The molecule has 0 aliphatic heterocycles. The number of hydrogen-bond acceptors (Lipinski definition) is 3. The zero-order chi connectivity index (χ0) is 16.9. The lowest BCUT2D eigenvalue weighted by molar-refractivity contribution is 0.598. The summed E-state index contributed by atoms with van der Waals surface area (Å²) >= 11 is 0. The number of unbranched alkanes of at least 4 members (excludes halogenated alkanes) is 1. The molecule has 2 N–H and O–H groups in total. The first-order valence-electron chi connectivity index (χ1n) is 7.55. The number of benzene rings is 2. The standard InChI is InChI=1S/C17H21FN2O2S/c1-3-4-11-19-14-5-7-15(8-6-14)20-23(21,22)16-9-10-17(18)13(2)12-16/h5-10,12,19-20H,3-4,11H2,1-2H3. The van der Waals surface area contributed by atoms with Gasteiger partial charge in [-0.15, -0.1) is 0 Å². The van der Waals surface area contributed by atoms with E-state index in [0.29, 0.717) is 11.3 Å². The molecule has 23 heavy (non-hydrogen) atoms. The van der Waals surface area contributed by atoms with Crippen LogP contribution in [0.5, 0.6) is 0 Å². The Morgan fingerprint density at radius 2 is 1.70 bits per heavy atom. The normalized spacial score (nSPS) is 11.3. The minimum absolute atomic E-state index is 0.0431. The summed E-state index contributed by atoms with van der Waals surface area (Å²) in [7, 11) is -3.72. The Kier molecular flexibility index (Phi) is 5.60. The van der Waals surface area contributed by atoms with Gasteiger partial charge in [0.05, 0.1) is 4.90 Å². The molecule has 0 saturated heterocycles. The second kappa shape index (κ2) is 7.46. The smallest absolute Gasteiger partial charge is 0.261 e. The quantitative estimate of drug-likeness (QED) is 0.747. The molecule has 0 fully saturated rings. The highest BCUT2D eigenvalue weighted by molar-refractivity contribution is 7.92. The van der Waals surface area contributed by atoms with E-state index in [1.165, 1.54) is 19.1 Å². The van der Waals surface area contributed by atoms with Crippen molar-refractivity contribution < 1.29 is 12.8 Å². The molecule has 0 atom stereocenters. The average molecular weight is 336 g/mol. The number of sulfonamides is 1. The van der Waals surface area contributed by atoms with Crippen LogP contribution in [-0.4, -0.2) is 15.0 Å². The summed E-state index contributed by atoms with van der Waals surface area (Å²) in [6.07, 6.45) is 2.19. The summed E-state index contributed by atoms with van der Waals surface area (Å²) in [5, 5.41) is 3.26. The topological polar surface area (TPSA) is 58.2 Å². The zero-order valence-electron chi connectivity index (χ0n) is 13.3. The van der Waals surface area contributed by atoms with Crippen molar-refractivity contribution in [1.29, 1.82) is 0 Å². The van der Waals surface area contributed by atoms with E-state index in [4.69, 9.17) is 0 Å². The summed E-state index contributed by atoms with van der Waals surface area (Å²) in [5.41, 5.74) is 1.70. The van der Waals surface area contributed by atoms with E-state index in [1.54, 1.807) is 12.1 Å². The van der Waals surface area contributed by atoms with Crippen molar-refractivity contribution in [1.82, 2.24) is 0 Å². The second-order valence-corrected chi connectivity index (χ2v) is 7.06. The van der Waals surface area contributed by atoms with Crippen molar-refractivity contribution in [2.45, 2.75) is 31.6 Å². The van der Waals surface area contributed by atoms with Crippen molar-refractivity contribution in [2.24, 2.45) is 0 Å². The van der Waals surface area contributed by atoms with Crippen LogP contribution in [0.2, 0.25) is 0 Å². The highest BCUT2D eigenvalue weighted by Gasteiger charge is 2.15. The van der Waals surface area contributed by atoms with Gasteiger partial charge in [-0.2, -0.15) is 0 Å². The third-order valence-electron chi connectivity index (χ3n) is 3.44. The van der Waals surface area contributed by atoms with E-state index in [0.717, 1.165) is 31.1 Å². The maximum absolute atomic E-state index is 13.3. The molecule has 2 aromatic carbocycles. The van der Waals surface area contributed by atoms with Gasteiger partial charge in [0.1, 0.15) is 5.82 Å². The van der Waals surface area contributed by atoms with E-state index in [1.807, 2.05) is 12.1 Å². The van der Waals surface area contributed by atoms with Crippen LogP contribution in [0.1, 0.15) is 25.3 Å². The highest BCUT2D eigenvalue weighted by Crippen LogP contribution is 2.20. The summed E-state index contributed by atoms with van der Waals surface area (Å²) in [5.74, 6) is -0.425. The minimum atomic E-state index is -3.72. The minimum Gasteiger partial charge on any atom is -0.385 e. The molecule has 0 amide bonds. The number of nitrogens with one attached hydrogen (secondary N) is 2. The molecule has 0 aromatic heterocycles. The predicted molar refractivity (Wildman–Crippen MR) is 91.8 cm³/mol. The molecule has 2 rings (SSSR count). The van der Waals surface area contributed by atoms with Gasteiger partial charge >= 0.3 is 0 Å². The molecule has 2 aromatic rings. The van der Waals surface area contributed by atoms with E-state index < -0.39 is 15.8 Å². The first-order valence-corrected chi connectivity index (χ1v) is 9.03. The number of hydrogen-bond donors (Lipinski definition) is 2. The van der Waals surface area contributed by atoms with E-state index in [-0.39, 0.29) is 4.90 Å². The van der Waals surface area contributed by atoms with Crippen LogP contribution >= 0.6 is 0 Å². The van der Waals surface area contributed by atoms with Gasteiger partial charge in [0, 0.05) is 17.9 Å². The van der Waals surface area contributed by atoms with Gasteiger partial charge < -0.3 is 5.32 Å². The van der Waals surface area contributed by atoms with Gasteiger partial charge in [0.2, 0.25) is 0 Å². The summed E-state index contributed by atoms with van der Waals surface area (Å²) in [4.78, 5) is 0.0431. The maximum Gasteiger partial charge on any atom is 0.261 e. The number of rotatable bonds is 7. The van der Waals surface area contributed by atoms with Crippen LogP contribution in [0.4, 0.5) is 15.8 Å². The predicted octanol–water partition coefficient (Wildman–Crippen LogP) is 4.15. The molecule has 0 saturated carbocycles.